The van der Waals surface area contributed by atoms with Crippen molar-refractivity contribution in [2.45, 2.75) is 39.3 Å². The molecule has 1 unspecified atom stereocenters. The first-order valence-corrected chi connectivity index (χ1v) is 7.35. The summed E-state index contributed by atoms with van der Waals surface area (Å²) in [6.45, 7) is 4.90. The number of aromatic nitrogens is 2. The average Bonchev–Trinajstić information content (AvgIpc) is 2.50. The lowest BCUT2D eigenvalue weighted by Crippen LogP contribution is -2.42. The molecule has 114 valence electrons. The Morgan fingerprint density at radius 3 is 2.43 bits per heavy atom. The van der Waals surface area contributed by atoms with E-state index in [1.54, 1.807) is 12.1 Å². The second-order valence-corrected chi connectivity index (χ2v) is 5.13. The van der Waals surface area contributed by atoms with E-state index in [1.165, 1.54) is 0 Å². The molecule has 2 aromatic rings. The predicted octanol–water partition coefficient (Wildman–Crippen LogP) is 1.52. The van der Waals surface area contributed by atoms with E-state index in [2.05, 4.69) is 22.0 Å². The molecule has 1 aromatic carbocycles. The second-order valence-electron chi connectivity index (χ2n) is 5.13. The van der Waals surface area contributed by atoms with Gasteiger partial charge in [-0.15, -0.1) is 0 Å². The molecule has 0 saturated carbocycles. The molecule has 0 bridgehead atoms. The molecule has 6 heteroatoms. The highest BCUT2D eigenvalue weighted by Crippen LogP contribution is 2.20. The highest BCUT2D eigenvalue weighted by atomic mass is 16.1. The number of fused-ring (bicyclic) bond motifs is 1. The van der Waals surface area contributed by atoms with Crippen LogP contribution in [0.25, 0.3) is 10.8 Å². The van der Waals surface area contributed by atoms with Crippen molar-refractivity contribution < 1.29 is 0 Å². The first kappa shape index (κ1) is 15.3. The molecule has 2 rings (SSSR count). The van der Waals surface area contributed by atoms with Gasteiger partial charge in [0.25, 0.3) is 11.1 Å². The van der Waals surface area contributed by atoms with Crippen molar-refractivity contribution in [2.75, 3.05) is 11.4 Å². The zero-order valence-corrected chi connectivity index (χ0v) is 12.5. The van der Waals surface area contributed by atoms with Crippen LogP contribution in [0.15, 0.2) is 27.8 Å². The molecular weight excluding hydrogens is 268 g/mol. The Kier molecular flexibility index (Phi) is 4.80. The number of hydrogen-bond donors (Lipinski definition) is 3. The van der Waals surface area contributed by atoms with Crippen molar-refractivity contribution in [3.05, 3.63) is 38.9 Å². The molecule has 0 aliphatic carbocycles. The lowest BCUT2D eigenvalue weighted by Gasteiger charge is -2.30. The maximum Gasteiger partial charge on any atom is 0.270 e. The SMILES string of the molecule is CCCCC(N)N(CC)c1ccc2c(=O)[nH][nH]c(=O)c2c1. The molecule has 1 atom stereocenters. The lowest BCUT2D eigenvalue weighted by atomic mass is 10.1. The standard InChI is InChI=1S/C15H22N4O2/c1-3-5-6-13(16)19(4-2)10-7-8-11-12(9-10)15(21)18-17-14(11)20/h7-9,13H,3-6,16H2,1-2H3,(H,17,20)(H,18,21). The number of rotatable bonds is 6. The summed E-state index contributed by atoms with van der Waals surface area (Å²) in [6.07, 6.45) is 2.96. The number of aromatic amines is 2. The third kappa shape index (κ3) is 3.16. The molecule has 4 N–H and O–H groups in total. The maximum atomic E-state index is 11.9. The van der Waals surface area contributed by atoms with Crippen LogP contribution >= 0.6 is 0 Å². The van der Waals surface area contributed by atoms with Gasteiger partial charge in [0, 0.05) is 12.2 Å². The summed E-state index contributed by atoms with van der Waals surface area (Å²) in [6, 6.07) is 5.25. The molecule has 0 fully saturated rings. The second kappa shape index (κ2) is 6.58. The number of nitrogens with zero attached hydrogens (tertiary/aromatic N) is 1. The van der Waals surface area contributed by atoms with Gasteiger partial charge in [-0.3, -0.25) is 19.8 Å². The third-order valence-corrected chi connectivity index (χ3v) is 3.71. The van der Waals surface area contributed by atoms with Gasteiger partial charge in [0.2, 0.25) is 0 Å². The van der Waals surface area contributed by atoms with Crippen molar-refractivity contribution in [1.29, 1.82) is 0 Å². The third-order valence-electron chi connectivity index (χ3n) is 3.71. The van der Waals surface area contributed by atoms with Crippen LogP contribution in [-0.4, -0.2) is 22.9 Å². The van der Waals surface area contributed by atoms with Crippen LogP contribution in [-0.2, 0) is 0 Å². The zero-order valence-electron chi connectivity index (χ0n) is 12.5. The van der Waals surface area contributed by atoms with Crippen LogP contribution in [0.5, 0.6) is 0 Å². The Morgan fingerprint density at radius 2 is 1.81 bits per heavy atom. The van der Waals surface area contributed by atoms with E-state index in [-0.39, 0.29) is 17.3 Å². The normalized spacial score (nSPS) is 12.5. The minimum atomic E-state index is -0.301. The molecular formula is C15H22N4O2. The Hall–Kier alpha value is -2.08. The molecule has 0 radical (unpaired) electrons. The van der Waals surface area contributed by atoms with E-state index in [0.717, 1.165) is 31.5 Å². The summed E-state index contributed by atoms with van der Waals surface area (Å²) in [5, 5.41) is 5.45. The predicted molar refractivity (Wildman–Crippen MR) is 85.7 cm³/mol. The van der Waals surface area contributed by atoms with E-state index in [0.29, 0.717) is 10.8 Å². The summed E-state index contributed by atoms with van der Waals surface area (Å²) in [5.74, 6) is 0. The van der Waals surface area contributed by atoms with Crippen molar-refractivity contribution in [3.8, 4) is 0 Å². The Labute approximate surface area is 122 Å². The van der Waals surface area contributed by atoms with Gasteiger partial charge in [-0.2, -0.15) is 0 Å². The van der Waals surface area contributed by atoms with Crippen LogP contribution in [0, 0.1) is 0 Å². The van der Waals surface area contributed by atoms with Crippen LogP contribution in [0.1, 0.15) is 33.1 Å². The number of unbranched alkanes of at least 4 members (excludes halogenated alkanes) is 1. The van der Waals surface area contributed by atoms with Gasteiger partial charge in [0.1, 0.15) is 0 Å². The molecule has 0 spiro atoms. The van der Waals surface area contributed by atoms with Crippen molar-refractivity contribution in [3.63, 3.8) is 0 Å². The summed E-state index contributed by atoms with van der Waals surface area (Å²) < 4.78 is 0. The number of benzene rings is 1. The lowest BCUT2D eigenvalue weighted by molar-refractivity contribution is 0.548. The smallest absolute Gasteiger partial charge is 0.270 e. The van der Waals surface area contributed by atoms with Crippen LogP contribution < -0.4 is 21.8 Å². The number of H-pyrrole nitrogens is 2. The molecule has 0 saturated heterocycles. The van der Waals surface area contributed by atoms with Gasteiger partial charge in [-0.05, 0) is 31.5 Å². The first-order chi connectivity index (χ1) is 10.1. The molecule has 1 aromatic heterocycles. The minimum Gasteiger partial charge on any atom is -0.356 e. The molecule has 0 amide bonds. The van der Waals surface area contributed by atoms with E-state index in [9.17, 15) is 9.59 Å². The molecule has 21 heavy (non-hydrogen) atoms. The summed E-state index contributed by atoms with van der Waals surface area (Å²) >= 11 is 0. The summed E-state index contributed by atoms with van der Waals surface area (Å²) in [4.78, 5) is 25.6. The van der Waals surface area contributed by atoms with Crippen molar-refractivity contribution in [1.82, 2.24) is 10.2 Å². The number of anilines is 1. The quantitative estimate of drug-likeness (QED) is 0.703. The number of hydrogen-bond acceptors (Lipinski definition) is 4. The Balaban J connectivity index is 2.43. The van der Waals surface area contributed by atoms with Gasteiger partial charge in [-0.25, -0.2) is 0 Å². The summed E-state index contributed by atoms with van der Waals surface area (Å²) in [7, 11) is 0. The number of nitrogens with one attached hydrogen (secondary N) is 2. The largest absolute Gasteiger partial charge is 0.356 e. The van der Waals surface area contributed by atoms with Gasteiger partial charge in [0.15, 0.2) is 0 Å². The van der Waals surface area contributed by atoms with Gasteiger partial charge < -0.3 is 10.6 Å². The van der Waals surface area contributed by atoms with Crippen LogP contribution in [0.2, 0.25) is 0 Å². The van der Waals surface area contributed by atoms with Gasteiger partial charge >= 0.3 is 0 Å². The highest BCUT2D eigenvalue weighted by molar-refractivity contribution is 5.84. The van der Waals surface area contributed by atoms with Crippen LogP contribution in [0.4, 0.5) is 5.69 Å². The van der Waals surface area contributed by atoms with E-state index >= 15 is 0 Å². The fourth-order valence-corrected chi connectivity index (χ4v) is 2.52. The average molecular weight is 290 g/mol. The summed E-state index contributed by atoms with van der Waals surface area (Å²) in [5.41, 5.74) is 6.50. The van der Waals surface area contributed by atoms with Crippen LogP contribution in [0.3, 0.4) is 0 Å². The molecule has 0 aliphatic rings. The van der Waals surface area contributed by atoms with Gasteiger partial charge in [0.05, 0.1) is 16.9 Å². The van der Waals surface area contributed by atoms with Gasteiger partial charge in [-0.1, -0.05) is 19.8 Å². The van der Waals surface area contributed by atoms with E-state index in [4.69, 9.17) is 5.73 Å². The maximum absolute atomic E-state index is 11.9. The van der Waals surface area contributed by atoms with E-state index < -0.39 is 0 Å². The molecule has 0 aliphatic heterocycles. The highest BCUT2D eigenvalue weighted by Gasteiger charge is 2.14. The van der Waals surface area contributed by atoms with E-state index in [1.807, 2.05) is 13.0 Å². The topological polar surface area (TPSA) is 95.0 Å². The first-order valence-electron chi connectivity index (χ1n) is 7.35. The fraction of sp³-hybridized carbons (Fsp3) is 0.467. The monoisotopic (exact) mass is 290 g/mol. The minimum absolute atomic E-state index is 0.0894. The Bertz CT molecular complexity index is 719. The number of nitrogens with two attached hydrogens (primary N) is 1. The Morgan fingerprint density at radius 1 is 1.14 bits per heavy atom. The zero-order chi connectivity index (χ0) is 15.4. The fourth-order valence-electron chi connectivity index (χ4n) is 2.52. The van der Waals surface area contributed by atoms with Crippen molar-refractivity contribution >= 4 is 16.5 Å². The molecule has 1 heterocycles. The van der Waals surface area contributed by atoms with Crippen molar-refractivity contribution in [2.24, 2.45) is 5.73 Å². The molecule has 6 nitrogen and oxygen atoms in total.